The summed E-state index contributed by atoms with van der Waals surface area (Å²) in [6.07, 6.45) is 5.70. The van der Waals surface area contributed by atoms with E-state index in [0.29, 0.717) is 12.1 Å². The van der Waals surface area contributed by atoms with Crippen LogP contribution in [0.3, 0.4) is 0 Å². The smallest absolute Gasteiger partial charge is 0.0890 e. The topological polar surface area (TPSA) is 47.0 Å². The molecule has 0 amide bonds. The third kappa shape index (κ3) is 2.91. The van der Waals surface area contributed by atoms with Gasteiger partial charge in [-0.05, 0) is 31.4 Å². The predicted octanol–water partition coefficient (Wildman–Crippen LogP) is 2.29. The van der Waals surface area contributed by atoms with Gasteiger partial charge in [0.2, 0.25) is 0 Å². The lowest BCUT2D eigenvalue weighted by Crippen LogP contribution is -2.27. The highest BCUT2D eigenvalue weighted by atomic mass is 16.5. The summed E-state index contributed by atoms with van der Waals surface area (Å²) in [7, 11) is 1.79. The summed E-state index contributed by atoms with van der Waals surface area (Å²) in [6.45, 7) is 0.777. The summed E-state index contributed by atoms with van der Waals surface area (Å²) in [5.41, 5.74) is 2.91. The molecule has 1 aliphatic carbocycles. The van der Waals surface area contributed by atoms with Crippen LogP contribution in [0.4, 0.5) is 0 Å². The molecule has 1 heterocycles. The van der Waals surface area contributed by atoms with Gasteiger partial charge in [-0.25, -0.2) is 4.98 Å². The number of nitrogens with zero attached hydrogens (tertiary/aromatic N) is 2. The van der Waals surface area contributed by atoms with Crippen molar-refractivity contribution in [2.24, 2.45) is 0 Å². The minimum atomic E-state index is 0.417. The van der Waals surface area contributed by atoms with Crippen molar-refractivity contribution in [2.75, 3.05) is 7.11 Å². The minimum absolute atomic E-state index is 0.417. The molecular weight excluding hydrogens is 238 g/mol. The third-order valence-electron chi connectivity index (χ3n) is 3.79. The first-order valence-electron chi connectivity index (χ1n) is 6.82. The molecule has 0 aliphatic heterocycles. The molecule has 1 N–H and O–H groups in total. The van der Waals surface area contributed by atoms with Crippen LogP contribution in [0.1, 0.15) is 25.0 Å². The number of fused-ring (bicyclic) bond motifs is 1. The number of hydrogen-bond acceptors (Lipinski definition) is 4. The molecule has 2 atom stereocenters. The second-order valence-electron chi connectivity index (χ2n) is 5.10. The molecule has 2 unspecified atom stereocenters. The average Bonchev–Trinajstić information content (AvgIpc) is 2.93. The van der Waals surface area contributed by atoms with E-state index in [0.717, 1.165) is 36.1 Å². The SMILES string of the molecule is COC1CCC(NCc2cnc3ccccc3n2)C1. The quantitative estimate of drug-likeness (QED) is 0.913. The molecule has 0 radical (unpaired) electrons. The number of nitrogens with one attached hydrogen (secondary N) is 1. The molecule has 4 nitrogen and oxygen atoms in total. The van der Waals surface area contributed by atoms with E-state index in [1.165, 1.54) is 6.42 Å². The van der Waals surface area contributed by atoms with Gasteiger partial charge >= 0.3 is 0 Å². The fourth-order valence-corrected chi connectivity index (χ4v) is 2.67. The maximum Gasteiger partial charge on any atom is 0.0890 e. The number of methoxy groups -OCH3 is 1. The summed E-state index contributed by atoms with van der Waals surface area (Å²) in [6, 6.07) is 8.51. The minimum Gasteiger partial charge on any atom is -0.381 e. The van der Waals surface area contributed by atoms with Crippen molar-refractivity contribution < 1.29 is 4.74 Å². The molecule has 1 saturated carbocycles. The molecule has 0 spiro atoms. The van der Waals surface area contributed by atoms with Crippen molar-refractivity contribution in [1.82, 2.24) is 15.3 Å². The van der Waals surface area contributed by atoms with E-state index in [-0.39, 0.29) is 0 Å². The summed E-state index contributed by atoms with van der Waals surface area (Å²) in [5, 5.41) is 3.54. The Morgan fingerprint density at radius 2 is 2.11 bits per heavy atom. The van der Waals surface area contributed by atoms with Gasteiger partial charge in [0.15, 0.2) is 0 Å². The van der Waals surface area contributed by atoms with E-state index in [1.807, 2.05) is 30.5 Å². The molecule has 1 fully saturated rings. The van der Waals surface area contributed by atoms with Gasteiger partial charge in [0.05, 0.1) is 29.0 Å². The molecule has 1 aromatic carbocycles. The summed E-state index contributed by atoms with van der Waals surface area (Å²) < 4.78 is 5.38. The lowest BCUT2D eigenvalue weighted by Gasteiger charge is -2.12. The summed E-state index contributed by atoms with van der Waals surface area (Å²) >= 11 is 0. The monoisotopic (exact) mass is 257 g/mol. The number of rotatable bonds is 4. The van der Waals surface area contributed by atoms with Crippen molar-refractivity contribution >= 4 is 11.0 Å². The van der Waals surface area contributed by atoms with Gasteiger partial charge in [0, 0.05) is 19.7 Å². The van der Waals surface area contributed by atoms with Gasteiger partial charge in [-0.2, -0.15) is 0 Å². The van der Waals surface area contributed by atoms with Gasteiger partial charge < -0.3 is 10.1 Å². The molecular formula is C15H19N3O. The Morgan fingerprint density at radius 3 is 2.89 bits per heavy atom. The Labute approximate surface area is 113 Å². The Kier molecular flexibility index (Phi) is 3.71. The zero-order valence-electron chi connectivity index (χ0n) is 11.2. The van der Waals surface area contributed by atoms with Crippen LogP contribution in [-0.2, 0) is 11.3 Å². The Morgan fingerprint density at radius 1 is 1.26 bits per heavy atom. The molecule has 1 aliphatic rings. The van der Waals surface area contributed by atoms with Crippen LogP contribution in [0.25, 0.3) is 11.0 Å². The number of para-hydroxylation sites is 2. The normalized spacial score (nSPS) is 23.0. The van der Waals surface area contributed by atoms with Gasteiger partial charge in [-0.1, -0.05) is 12.1 Å². The first-order valence-corrected chi connectivity index (χ1v) is 6.82. The highest BCUT2D eigenvalue weighted by Crippen LogP contribution is 2.21. The lowest BCUT2D eigenvalue weighted by atomic mass is 10.2. The molecule has 3 rings (SSSR count). The maximum atomic E-state index is 5.38. The van der Waals surface area contributed by atoms with E-state index in [1.54, 1.807) is 7.11 Å². The van der Waals surface area contributed by atoms with Crippen molar-refractivity contribution in [3.63, 3.8) is 0 Å². The maximum absolute atomic E-state index is 5.38. The van der Waals surface area contributed by atoms with Gasteiger partial charge in [-0.3, -0.25) is 4.98 Å². The zero-order valence-corrected chi connectivity index (χ0v) is 11.2. The highest BCUT2D eigenvalue weighted by molar-refractivity contribution is 5.73. The molecule has 4 heteroatoms. The van der Waals surface area contributed by atoms with Crippen molar-refractivity contribution in [1.29, 1.82) is 0 Å². The number of hydrogen-bond donors (Lipinski definition) is 1. The highest BCUT2D eigenvalue weighted by Gasteiger charge is 2.23. The van der Waals surface area contributed by atoms with Crippen LogP contribution in [0.5, 0.6) is 0 Å². The van der Waals surface area contributed by atoms with Crippen molar-refractivity contribution in [2.45, 2.75) is 38.0 Å². The van der Waals surface area contributed by atoms with Gasteiger partial charge in [0.25, 0.3) is 0 Å². The number of ether oxygens (including phenoxy) is 1. The summed E-state index contributed by atoms with van der Waals surface area (Å²) in [5.74, 6) is 0. The molecule has 2 aromatic rings. The lowest BCUT2D eigenvalue weighted by molar-refractivity contribution is 0.107. The fourth-order valence-electron chi connectivity index (χ4n) is 2.67. The van der Waals surface area contributed by atoms with Crippen LogP contribution >= 0.6 is 0 Å². The molecule has 1 aromatic heterocycles. The Balaban J connectivity index is 1.62. The predicted molar refractivity (Wildman–Crippen MR) is 74.8 cm³/mol. The van der Waals surface area contributed by atoms with E-state index in [9.17, 15) is 0 Å². The number of benzene rings is 1. The van der Waals surface area contributed by atoms with E-state index >= 15 is 0 Å². The van der Waals surface area contributed by atoms with E-state index in [4.69, 9.17) is 4.74 Å². The third-order valence-corrected chi connectivity index (χ3v) is 3.79. The molecule has 100 valence electrons. The van der Waals surface area contributed by atoms with Crippen molar-refractivity contribution in [3.8, 4) is 0 Å². The Bertz CT molecular complexity index is 558. The molecule has 19 heavy (non-hydrogen) atoms. The molecule has 0 saturated heterocycles. The van der Waals surface area contributed by atoms with E-state index in [2.05, 4.69) is 15.3 Å². The number of aromatic nitrogens is 2. The zero-order chi connectivity index (χ0) is 13.1. The summed E-state index contributed by atoms with van der Waals surface area (Å²) in [4.78, 5) is 9.05. The van der Waals surface area contributed by atoms with Crippen LogP contribution in [0.2, 0.25) is 0 Å². The van der Waals surface area contributed by atoms with Crippen LogP contribution < -0.4 is 5.32 Å². The van der Waals surface area contributed by atoms with Crippen molar-refractivity contribution in [3.05, 3.63) is 36.2 Å². The Hall–Kier alpha value is -1.52. The van der Waals surface area contributed by atoms with Crippen LogP contribution in [-0.4, -0.2) is 29.2 Å². The van der Waals surface area contributed by atoms with Gasteiger partial charge in [0.1, 0.15) is 0 Å². The average molecular weight is 257 g/mol. The van der Waals surface area contributed by atoms with Gasteiger partial charge in [-0.15, -0.1) is 0 Å². The second kappa shape index (κ2) is 5.63. The molecule has 0 bridgehead atoms. The van der Waals surface area contributed by atoms with Crippen LogP contribution in [0.15, 0.2) is 30.5 Å². The standard InChI is InChI=1S/C15H19N3O/c1-19-13-7-6-11(8-13)16-9-12-10-17-14-4-2-3-5-15(14)18-12/h2-5,10-11,13,16H,6-9H2,1H3. The first-order chi connectivity index (χ1) is 9.35. The first kappa shape index (κ1) is 12.5. The fraction of sp³-hybridized carbons (Fsp3) is 0.467. The van der Waals surface area contributed by atoms with Crippen LogP contribution in [0, 0.1) is 0 Å². The van der Waals surface area contributed by atoms with E-state index < -0.39 is 0 Å². The largest absolute Gasteiger partial charge is 0.381 e. The second-order valence-corrected chi connectivity index (χ2v) is 5.10.